The zero-order valence-electron chi connectivity index (χ0n) is 28.3. The summed E-state index contributed by atoms with van der Waals surface area (Å²) < 4.78 is 15.0. The fraction of sp³-hybridized carbons (Fsp3) is 0.333. The van der Waals surface area contributed by atoms with Crippen molar-refractivity contribution in [3.05, 3.63) is 117 Å². The average molecular weight is 727 g/mol. The van der Waals surface area contributed by atoms with Gasteiger partial charge in [0.25, 0.3) is 0 Å². The van der Waals surface area contributed by atoms with Crippen LogP contribution in [0, 0.1) is 5.92 Å². The minimum atomic E-state index is -0.608. The molecule has 0 spiro atoms. The number of rotatable bonds is 6. The third kappa shape index (κ3) is 6.40. The van der Waals surface area contributed by atoms with Crippen molar-refractivity contribution in [3.8, 4) is 0 Å². The van der Waals surface area contributed by atoms with Crippen molar-refractivity contribution < 1.29 is 29.0 Å². The number of carbonyl (C=O) groups excluding carboxylic acids is 3. The van der Waals surface area contributed by atoms with Gasteiger partial charge in [0, 0.05) is 83.3 Å². The number of carbonyl (C=O) groups is 3. The molecule has 3 heterocycles. The molecule has 0 amide bonds. The van der Waals surface area contributed by atoms with Crippen LogP contribution in [0.5, 0.6) is 0 Å². The number of fused-ring (bicyclic) bond motifs is 3. The number of methoxy groups -OCH3 is 1. The van der Waals surface area contributed by atoms with Crippen LogP contribution in [0.25, 0.3) is 16.7 Å². The van der Waals surface area contributed by atoms with Crippen LogP contribution in [-0.4, -0.2) is 70.4 Å². The second-order valence-corrected chi connectivity index (χ2v) is 14.2. The number of piperidine rings is 1. The highest BCUT2D eigenvalue weighted by Crippen LogP contribution is 2.49. The van der Waals surface area contributed by atoms with Crippen molar-refractivity contribution in [2.45, 2.75) is 44.8 Å². The van der Waals surface area contributed by atoms with Crippen LogP contribution in [0.1, 0.15) is 64.1 Å². The molecule has 254 valence electrons. The number of aliphatic hydroxyl groups is 1. The Morgan fingerprint density at radius 1 is 1.08 bits per heavy atom. The molecule has 10 heteroatoms. The number of likely N-dealkylation sites (N-methyl/N-ethyl adjacent to an activating group) is 1. The third-order valence-electron chi connectivity index (χ3n) is 9.83. The summed E-state index contributed by atoms with van der Waals surface area (Å²) in [6, 6.07) is 15.1. The van der Waals surface area contributed by atoms with Crippen molar-refractivity contribution in [1.29, 1.82) is 0 Å². The van der Waals surface area contributed by atoms with E-state index < -0.39 is 17.2 Å². The molecule has 0 radical (unpaired) electrons. The number of aryl methyl sites for hydroxylation is 1. The van der Waals surface area contributed by atoms with Gasteiger partial charge in [0.05, 0.1) is 12.2 Å². The molecule has 2 aromatic carbocycles. The number of aromatic nitrogens is 2. The number of benzene rings is 2. The lowest BCUT2D eigenvalue weighted by atomic mass is 9.69. The molecule has 4 aromatic rings. The Balaban J connectivity index is 0.000000197. The van der Waals surface area contributed by atoms with Gasteiger partial charge in [-0.25, -0.2) is 4.79 Å². The maximum absolute atomic E-state index is 12.5. The fourth-order valence-corrected chi connectivity index (χ4v) is 7.90. The first-order valence-corrected chi connectivity index (χ1v) is 17.1. The first-order chi connectivity index (χ1) is 23.4. The highest BCUT2D eigenvalue weighted by Gasteiger charge is 2.52. The highest BCUT2D eigenvalue weighted by atomic mass is 79.9. The molecule has 0 saturated carbocycles. The van der Waals surface area contributed by atoms with Crippen LogP contribution < -0.4 is 0 Å². The molecular weight excluding hydrogens is 686 g/mol. The largest absolute Gasteiger partial charge is 0.507 e. The molecular formula is C39H40BrN3O6. The van der Waals surface area contributed by atoms with Gasteiger partial charge < -0.3 is 19.1 Å². The summed E-state index contributed by atoms with van der Waals surface area (Å²) in [6.07, 6.45) is 9.31. The van der Waals surface area contributed by atoms with E-state index in [9.17, 15) is 19.5 Å². The van der Waals surface area contributed by atoms with Crippen molar-refractivity contribution in [1.82, 2.24) is 14.5 Å². The Bertz CT molecular complexity index is 2030. The van der Waals surface area contributed by atoms with Crippen LogP contribution in [0.3, 0.4) is 0 Å². The highest BCUT2D eigenvalue weighted by molar-refractivity contribution is 9.10. The summed E-state index contributed by atoms with van der Waals surface area (Å²) in [5.74, 6) is -1.40. The monoisotopic (exact) mass is 725 g/mol. The molecule has 1 aliphatic heterocycles. The third-order valence-corrected chi connectivity index (χ3v) is 10.3. The lowest BCUT2D eigenvalue weighted by Crippen LogP contribution is -2.59. The smallest absolute Gasteiger partial charge is 0.339 e. The summed E-state index contributed by atoms with van der Waals surface area (Å²) >= 11 is 3.35. The van der Waals surface area contributed by atoms with Crippen LogP contribution >= 0.6 is 15.9 Å². The molecule has 2 aliphatic carbocycles. The summed E-state index contributed by atoms with van der Waals surface area (Å²) in [5.41, 5.74) is 5.84. The number of allylic oxidation sites excluding steroid dienone is 3. The predicted molar refractivity (Wildman–Crippen MR) is 191 cm³/mol. The zero-order chi connectivity index (χ0) is 35.0. The Morgan fingerprint density at radius 3 is 2.55 bits per heavy atom. The van der Waals surface area contributed by atoms with Gasteiger partial charge in [-0.2, -0.15) is 0 Å². The number of esters is 1. The molecule has 0 bridgehead atoms. The Labute approximate surface area is 294 Å². The van der Waals surface area contributed by atoms with Gasteiger partial charge in [-0.1, -0.05) is 48.0 Å². The number of likely N-dealkylation sites (tertiary alicyclic amines) is 1. The molecule has 3 unspecified atom stereocenters. The van der Waals surface area contributed by atoms with E-state index in [1.807, 2.05) is 27.0 Å². The number of ketones is 2. The van der Waals surface area contributed by atoms with Crippen molar-refractivity contribution in [2.24, 2.45) is 13.0 Å². The standard InChI is InChI=1S/C24H26BrN3O3.C15H14O3/c1-27-13-17-8-21-24(30-3,19-5-4-6-20(27)22(17)19)9-15(12-28(21)2)14-31-23(29)16-7-18(25)11-26-10-16;1-9(2)7-8-12-13(16)10-5-3-4-6-11(10)14(17)15(12)18/h4-7,10-11,13,15,21H,8-9,12,14H2,1-3H3;3-7,16H,8H2,1-2H3. The lowest BCUT2D eigenvalue weighted by Gasteiger charge is -2.53. The first kappa shape index (κ1) is 34.5. The Hall–Kier alpha value is -4.38. The van der Waals surface area contributed by atoms with E-state index in [0.29, 0.717) is 17.7 Å². The molecule has 1 N–H and O–H groups in total. The maximum Gasteiger partial charge on any atom is 0.339 e. The minimum Gasteiger partial charge on any atom is -0.507 e. The van der Waals surface area contributed by atoms with Gasteiger partial charge in [0.15, 0.2) is 0 Å². The van der Waals surface area contributed by atoms with Crippen LogP contribution in [-0.2, 0) is 33.3 Å². The number of Topliss-reactive ketones (excluding diaryl/α,β-unsaturated/α-hetero) is 2. The normalized spacial score (nSPS) is 21.4. The number of hydrogen-bond acceptors (Lipinski definition) is 8. The van der Waals surface area contributed by atoms with E-state index in [4.69, 9.17) is 9.47 Å². The van der Waals surface area contributed by atoms with Crippen LogP contribution in [0.2, 0.25) is 0 Å². The van der Waals surface area contributed by atoms with Gasteiger partial charge in [-0.3, -0.25) is 19.5 Å². The molecule has 3 aliphatic rings. The molecule has 1 saturated heterocycles. The molecule has 7 rings (SSSR count). The van der Waals surface area contributed by atoms with Gasteiger partial charge in [-0.05, 0) is 79.3 Å². The second kappa shape index (κ2) is 13.9. The second-order valence-electron chi connectivity index (χ2n) is 13.3. The number of halogens is 1. The van der Waals surface area contributed by atoms with E-state index in [1.165, 1.54) is 28.2 Å². The Morgan fingerprint density at radius 2 is 1.84 bits per heavy atom. The van der Waals surface area contributed by atoms with Crippen molar-refractivity contribution in [3.63, 3.8) is 0 Å². The number of nitrogens with zero attached hydrogens (tertiary/aromatic N) is 3. The lowest BCUT2D eigenvalue weighted by molar-refractivity contribution is -0.131. The number of hydrogen-bond donors (Lipinski definition) is 1. The summed E-state index contributed by atoms with van der Waals surface area (Å²) in [5, 5.41) is 11.4. The van der Waals surface area contributed by atoms with Crippen molar-refractivity contribution in [2.75, 3.05) is 27.3 Å². The van der Waals surface area contributed by atoms with E-state index in [2.05, 4.69) is 68.9 Å². The predicted octanol–water partition coefficient (Wildman–Crippen LogP) is 6.99. The maximum atomic E-state index is 12.5. The van der Waals surface area contributed by atoms with E-state index in [1.54, 1.807) is 36.5 Å². The Kier molecular flexibility index (Phi) is 9.75. The van der Waals surface area contributed by atoms with Crippen LogP contribution in [0.4, 0.5) is 0 Å². The SMILES string of the molecule is CC(C)=CCC1=C(O)c2ccccc2C(=O)C1=O.COC12CC(COC(=O)c3cncc(Br)c3)CN(C)C1Cc1cn(C)c3cccc2c13. The van der Waals surface area contributed by atoms with Gasteiger partial charge in [0.2, 0.25) is 11.6 Å². The van der Waals surface area contributed by atoms with Gasteiger partial charge in [0.1, 0.15) is 11.4 Å². The molecule has 2 aromatic heterocycles. The van der Waals surface area contributed by atoms with E-state index in [0.717, 1.165) is 29.4 Å². The number of ether oxygens (including phenoxy) is 2. The molecule has 9 nitrogen and oxygen atoms in total. The molecule has 49 heavy (non-hydrogen) atoms. The van der Waals surface area contributed by atoms with Crippen molar-refractivity contribution >= 4 is 50.1 Å². The van der Waals surface area contributed by atoms with E-state index in [-0.39, 0.29) is 41.2 Å². The summed E-state index contributed by atoms with van der Waals surface area (Å²) in [7, 11) is 6.07. The quantitative estimate of drug-likeness (QED) is 0.129. The molecule has 3 atom stereocenters. The summed E-state index contributed by atoms with van der Waals surface area (Å²) in [4.78, 5) is 42.8. The number of pyridine rings is 1. The van der Waals surface area contributed by atoms with Crippen LogP contribution in [0.15, 0.2) is 88.8 Å². The van der Waals surface area contributed by atoms with Gasteiger partial charge >= 0.3 is 5.97 Å². The fourth-order valence-electron chi connectivity index (χ4n) is 7.54. The summed E-state index contributed by atoms with van der Waals surface area (Å²) in [6.45, 7) is 5.02. The van der Waals surface area contributed by atoms with Gasteiger partial charge in [-0.15, -0.1) is 0 Å². The first-order valence-electron chi connectivity index (χ1n) is 16.3. The average Bonchev–Trinajstić information content (AvgIpc) is 3.42. The number of aliphatic hydroxyl groups excluding tert-OH is 1. The van der Waals surface area contributed by atoms with E-state index >= 15 is 0 Å². The topological polar surface area (TPSA) is 111 Å². The molecule has 1 fully saturated rings. The minimum absolute atomic E-state index is 0.0762. The zero-order valence-corrected chi connectivity index (χ0v) is 29.9.